The third kappa shape index (κ3) is 2.62. The lowest BCUT2D eigenvalue weighted by molar-refractivity contribution is -0.108. The van der Waals surface area contributed by atoms with Crippen molar-refractivity contribution in [3.05, 3.63) is 0 Å². The van der Waals surface area contributed by atoms with E-state index in [0.717, 1.165) is 38.5 Å². The number of urea groups is 1. The molecule has 2 heterocycles. The van der Waals surface area contributed by atoms with Gasteiger partial charge in [-0.3, -0.25) is 0 Å². The molecule has 2 saturated carbocycles. The number of fused-ring (bicyclic) bond motifs is 1. The lowest BCUT2D eigenvalue weighted by atomic mass is 9.57. The van der Waals surface area contributed by atoms with Crippen LogP contribution in [0.15, 0.2) is 0 Å². The monoisotopic (exact) mass is 307 g/mol. The maximum atomic E-state index is 12.3. The fraction of sp³-hybridized carbons (Fsp3) is 0.941. The molecule has 0 bridgehead atoms. The quantitative estimate of drug-likeness (QED) is 0.829. The van der Waals surface area contributed by atoms with Crippen molar-refractivity contribution >= 4 is 6.03 Å². The predicted molar refractivity (Wildman–Crippen MR) is 84.7 cm³/mol. The summed E-state index contributed by atoms with van der Waals surface area (Å²) >= 11 is 0. The number of hydrogen-bond acceptors (Lipinski definition) is 3. The summed E-state index contributed by atoms with van der Waals surface area (Å²) in [6.45, 7) is 8.64. The molecular weight excluding hydrogens is 278 g/mol. The Balaban J connectivity index is 1.25. The summed E-state index contributed by atoms with van der Waals surface area (Å²) in [5, 5.41) is 6.41. The fourth-order valence-corrected chi connectivity index (χ4v) is 4.77. The summed E-state index contributed by atoms with van der Waals surface area (Å²) in [7, 11) is 0. The summed E-state index contributed by atoms with van der Waals surface area (Å²) in [6.07, 6.45) is 5.30. The molecule has 0 radical (unpaired) electrons. The number of amides is 2. The average Bonchev–Trinajstić information content (AvgIpc) is 3.00. The van der Waals surface area contributed by atoms with E-state index in [0.29, 0.717) is 18.1 Å². The highest BCUT2D eigenvalue weighted by Gasteiger charge is 2.59. The van der Waals surface area contributed by atoms with E-state index in [1.54, 1.807) is 0 Å². The summed E-state index contributed by atoms with van der Waals surface area (Å²) < 4.78 is 5.79. The zero-order valence-electron chi connectivity index (χ0n) is 13.8. The van der Waals surface area contributed by atoms with E-state index in [1.807, 2.05) is 0 Å². The largest absolute Gasteiger partial charge is 0.377 e. The molecule has 5 nitrogen and oxygen atoms in total. The van der Waals surface area contributed by atoms with Gasteiger partial charge in [0.1, 0.15) is 0 Å². The average molecular weight is 307 g/mol. The highest BCUT2D eigenvalue weighted by molar-refractivity contribution is 5.75. The molecule has 4 rings (SSSR count). The van der Waals surface area contributed by atoms with E-state index < -0.39 is 0 Å². The zero-order valence-corrected chi connectivity index (χ0v) is 13.8. The fourth-order valence-electron chi connectivity index (χ4n) is 4.77. The molecule has 2 amide bonds. The molecule has 0 unspecified atom stereocenters. The summed E-state index contributed by atoms with van der Waals surface area (Å²) in [5.74, 6) is 1.44. The summed E-state index contributed by atoms with van der Waals surface area (Å²) in [6, 6.07) is 0.586. The Morgan fingerprint density at radius 2 is 2.05 bits per heavy atom. The number of hydrogen-bond donors (Lipinski definition) is 2. The van der Waals surface area contributed by atoms with Crippen LogP contribution in [-0.2, 0) is 4.74 Å². The van der Waals surface area contributed by atoms with E-state index >= 15 is 0 Å². The second-order valence-electron chi connectivity index (χ2n) is 8.35. The maximum absolute atomic E-state index is 12.3. The molecule has 2 aliphatic carbocycles. The lowest BCUT2D eigenvalue weighted by Gasteiger charge is -2.54. The SMILES string of the molecule is CC1(C)[C@H](NC(=O)N[C@@H]2CCN(CC3CC3)C2)[C@@H]2CCO[C@H]21. The number of carbonyl (C=O) groups excluding carboxylic acids is 1. The molecule has 124 valence electrons. The number of carbonyl (C=O) groups is 1. The molecule has 2 N–H and O–H groups in total. The van der Waals surface area contributed by atoms with Gasteiger partial charge in [0.25, 0.3) is 0 Å². The minimum atomic E-state index is 0.0155. The first-order chi connectivity index (χ1) is 10.5. The summed E-state index contributed by atoms with van der Waals surface area (Å²) in [5.41, 5.74) is 0.0617. The van der Waals surface area contributed by atoms with Crippen molar-refractivity contribution in [1.82, 2.24) is 15.5 Å². The Bertz CT molecular complexity index is 449. The van der Waals surface area contributed by atoms with Gasteiger partial charge in [-0.1, -0.05) is 13.8 Å². The van der Waals surface area contributed by atoms with Gasteiger partial charge in [0.15, 0.2) is 0 Å². The molecule has 0 spiro atoms. The molecule has 4 aliphatic rings. The Labute approximate surface area is 133 Å². The third-order valence-electron chi connectivity index (χ3n) is 6.21. The van der Waals surface area contributed by atoms with Crippen molar-refractivity contribution in [2.45, 2.75) is 57.7 Å². The highest BCUT2D eigenvalue weighted by atomic mass is 16.5. The third-order valence-corrected chi connectivity index (χ3v) is 6.21. The van der Waals surface area contributed by atoms with Gasteiger partial charge in [-0.15, -0.1) is 0 Å². The standard InChI is InChI=1S/C17H29N3O2/c1-17(2)14(13-6-8-22-15(13)17)19-16(21)18-12-5-7-20(10-12)9-11-3-4-11/h11-15H,3-10H2,1-2H3,(H2,18,19,21)/t12-,13+,14-,15-/m1/s1. The van der Waals surface area contributed by atoms with E-state index in [1.165, 1.54) is 19.4 Å². The van der Waals surface area contributed by atoms with Crippen molar-refractivity contribution in [3.63, 3.8) is 0 Å². The molecule has 4 fully saturated rings. The van der Waals surface area contributed by atoms with Gasteiger partial charge in [0.05, 0.1) is 6.10 Å². The number of nitrogens with zero attached hydrogens (tertiary/aromatic N) is 1. The topological polar surface area (TPSA) is 53.6 Å². The van der Waals surface area contributed by atoms with Gasteiger partial charge >= 0.3 is 6.03 Å². The zero-order chi connectivity index (χ0) is 15.3. The first-order valence-corrected chi connectivity index (χ1v) is 8.95. The summed E-state index contributed by atoms with van der Waals surface area (Å²) in [4.78, 5) is 14.8. The van der Waals surface area contributed by atoms with Crippen molar-refractivity contribution in [3.8, 4) is 0 Å². The van der Waals surface area contributed by atoms with Crippen LogP contribution in [0.5, 0.6) is 0 Å². The molecule has 0 aromatic carbocycles. The maximum Gasteiger partial charge on any atom is 0.315 e. The molecule has 0 aromatic heterocycles. The molecule has 2 saturated heterocycles. The van der Waals surface area contributed by atoms with Crippen molar-refractivity contribution in [2.24, 2.45) is 17.3 Å². The van der Waals surface area contributed by atoms with Crippen LogP contribution in [0, 0.1) is 17.3 Å². The van der Waals surface area contributed by atoms with E-state index in [-0.39, 0.29) is 17.5 Å². The predicted octanol–water partition coefficient (Wildman–Crippen LogP) is 1.58. The Morgan fingerprint density at radius 1 is 1.23 bits per heavy atom. The highest BCUT2D eigenvalue weighted by Crippen LogP contribution is 2.52. The van der Waals surface area contributed by atoms with E-state index in [9.17, 15) is 4.79 Å². The Kier molecular flexibility index (Phi) is 3.61. The van der Waals surface area contributed by atoms with Gasteiger partial charge in [-0.05, 0) is 31.6 Å². The molecule has 5 heteroatoms. The molecule has 4 atom stereocenters. The number of ether oxygens (including phenoxy) is 1. The van der Waals surface area contributed by atoms with E-state index in [4.69, 9.17) is 4.74 Å². The van der Waals surface area contributed by atoms with Gasteiger partial charge in [-0.2, -0.15) is 0 Å². The molecule has 2 aliphatic heterocycles. The van der Waals surface area contributed by atoms with Crippen molar-refractivity contribution < 1.29 is 9.53 Å². The van der Waals surface area contributed by atoms with Crippen LogP contribution in [0.4, 0.5) is 4.79 Å². The Morgan fingerprint density at radius 3 is 2.82 bits per heavy atom. The van der Waals surface area contributed by atoms with Crippen LogP contribution < -0.4 is 10.6 Å². The van der Waals surface area contributed by atoms with Crippen molar-refractivity contribution in [2.75, 3.05) is 26.2 Å². The first-order valence-electron chi connectivity index (χ1n) is 8.95. The number of likely N-dealkylation sites (tertiary alicyclic amines) is 1. The molecule has 0 aromatic rings. The van der Waals surface area contributed by atoms with Crippen LogP contribution in [0.1, 0.15) is 39.5 Å². The first kappa shape index (κ1) is 14.8. The van der Waals surface area contributed by atoms with Gasteiger partial charge < -0.3 is 20.3 Å². The van der Waals surface area contributed by atoms with Crippen LogP contribution in [0.2, 0.25) is 0 Å². The van der Waals surface area contributed by atoms with Gasteiger partial charge in [0, 0.05) is 49.7 Å². The van der Waals surface area contributed by atoms with E-state index in [2.05, 4.69) is 29.4 Å². The normalized spacial score (nSPS) is 40.1. The van der Waals surface area contributed by atoms with Crippen LogP contribution >= 0.6 is 0 Å². The van der Waals surface area contributed by atoms with Crippen molar-refractivity contribution in [1.29, 1.82) is 0 Å². The van der Waals surface area contributed by atoms with Crippen LogP contribution in [-0.4, -0.2) is 55.4 Å². The lowest BCUT2D eigenvalue weighted by Crippen LogP contribution is -2.68. The molecule has 22 heavy (non-hydrogen) atoms. The van der Waals surface area contributed by atoms with Gasteiger partial charge in [0.2, 0.25) is 0 Å². The second kappa shape index (κ2) is 5.38. The van der Waals surface area contributed by atoms with Crippen LogP contribution in [0.3, 0.4) is 0 Å². The number of nitrogens with one attached hydrogen (secondary N) is 2. The van der Waals surface area contributed by atoms with Gasteiger partial charge in [-0.25, -0.2) is 4.79 Å². The van der Waals surface area contributed by atoms with Crippen LogP contribution in [0.25, 0.3) is 0 Å². The second-order valence-corrected chi connectivity index (χ2v) is 8.35. The minimum absolute atomic E-state index is 0.0155. The smallest absolute Gasteiger partial charge is 0.315 e. The Hall–Kier alpha value is -0.810. The minimum Gasteiger partial charge on any atom is -0.377 e. The molecular formula is C17H29N3O2. The number of rotatable bonds is 4.